The van der Waals surface area contributed by atoms with Crippen LogP contribution in [-0.2, 0) is 11.0 Å². The topological polar surface area (TPSA) is 69.6 Å². The van der Waals surface area contributed by atoms with Gasteiger partial charge in [0.1, 0.15) is 0 Å². The van der Waals surface area contributed by atoms with E-state index in [2.05, 4.69) is 5.32 Å². The van der Waals surface area contributed by atoms with E-state index in [1.807, 2.05) is 4.90 Å². The fraction of sp³-hybridized carbons (Fsp3) is 0.556. The Morgan fingerprint density at radius 2 is 1.85 bits per heavy atom. The van der Waals surface area contributed by atoms with Crippen molar-refractivity contribution in [1.29, 1.82) is 0 Å². The molecule has 0 spiro atoms. The highest BCUT2D eigenvalue weighted by Crippen LogP contribution is 2.35. The number of hydrogen-bond acceptors (Lipinski definition) is 3. The van der Waals surface area contributed by atoms with E-state index >= 15 is 0 Å². The van der Waals surface area contributed by atoms with Crippen molar-refractivity contribution in [1.82, 2.24) is 10.2 Å². The molecule has 2 saturated carbocycles. The molecule has 0 unspecified atom stereocenters. The Balaban J connectivity index is 1.57. The van der Waals surface area contributed by atoms with Gasteiger partial charge in [-0.3, -0.25) is 14.5 Å². The van der Waals surface area contributed by atoms with E-state index in [0.29, 0.717) is 18.8 Å². The first kappa shape index (κ1) is 18.7. The molecule has 0 bridgehead atoms. The lowest BCUT2D eigenvalue weighted by atomic mass is 9.85. The summed E-state index contributed by atoms with van der Waals surface area (Å²) >= 11 is 0. The van der Waals surface area contributed by atoms with E-state index in [4.69, 9.17) is 5.11 Å². The van der Waals surface area contributed by atoms with Crippen molar-refractivity contribution in [3.05, 3.63) is 35.4 Å². The summed E-state index contributed by atoms with van der Waals surface area (Å²) < 4.78 is 39.0. The van der Waals surface area contributed by atoms with Crippen LogP contribution in [0, 0.1) is 5.92 Å². The number of halogens is 3. The lowest BCUT2D eigenvalue weighted by Crippen LogP contribution is -2.55. The largest absolute Gasteiger partial charge is 0.480 e. The zero-order valence-electron chi connectivity index (χ0n) is 14.1. The van der Waals surface area contributed by atoms with Gasteiger partial charge in [-0.25, -0.2) is 0 Å². The van der Waals surface area contributed by atoms with Crippen LogP contribution in [0.2, 0.25) is 0 Å². The summed E-state index contributed by atoms with van der Waals surface area (Å²) in [4.78, 5) is 25.2. The summed E-state index contributed by atoms with van der Waals surface area (Å²) in [5.41, 5.74) is -1.33. The van der Waals surface area contributed by atoms with E-state index in [1.54, 1.807) is 0 Å². The van der Waals surface area contributed by atoms with Gasteiger partial charge in [0.05, 0.1) is 17.7 Å². The van der Waals surface area contributed by atoms with Crippen molar-refractivity contribution in [3.8, 4) is 0 Å². The second-order valence-corrected chi connectivity index (χ2v) is 7.11. The van der Waals surface area contributed by atoms with Crippen molar-refractivity contribution in [2.45, 2.75) is 43.9 Å². The zero-order chi connectivity index (χ0) is 18.9. The number of alkyl halides is 3. The van der Waals surface area contributed by atoms with E-state index < -0.39 is 23.6 Å². The molecule has 1 aromatic carbocycles. The van der Waals surface area contributed by atoms with Gasteiger partial charge in [0.25, 0.3) is 5.91 Å². The van der Waals surface area contributed by atoms with E-state index in [-0.39, 0.29) is 24.2 Å². The lowest BCUT2D eigenvalue weighted by Gasteiger charge is -2.42. The minimum absolute atomic E-state index is 0.0429. The highest BCUT2D eigenvalue weighted by atomic mass is 19.4. The van der Waals surface area contributed by atoms with Crippen LogP contribution in [0.5, 0.6) is 0 Å². The molecule has 8 heteroatoms. The number of rotatable bonds is 7. The number of carbonyl (C=O) groups is 2. The first-order valence-electron chi connectivity index (χ1n) is 8.67. The third-order valence-electron chi connectivity index (χ3n) is 4.97. The van der Waals surface area contributed by atoms with Crippen LogP contribution < -0.4 is 5.32 Å². The standard InChI is InChI=1S/C18H21F3N2O3/c19-18(20,21)15-4-2-1-3-14(15)17(26)22-12-7-13(8-12)23(10-16(24)25)9-11-5-6-11/h1-4,11-13H,5-10H2,(H,22,26)(H,24,25). The second kappa shape index (κ2) is 7.26. The summed E-state index contributed by atoms with van der Waals surface area (Å²) in [5.74, 6) is -1.09. The maximum absolute atomic E-state index is 13.0. The van der Waals surface area contributed by atoms with Crippen molar-refractivity contribution in [3.63, 3.8) is 0 Å². The molecule has 1 aromatic rings. The maximum atomic E-state index is 13.0. The molecule has 0 aromatic heterocycles. The molecule has 1 amide bonds. The van der Waals surface area contributed by atoms with Crippen LogP contribution in [0.15, 0.2) is 24.3 Å². The van der Waals surface area contributed by atoms with E-state index in [0.717, 1.165) is 31.5 Å². The minimum Gasteiger partial charge on any atom is -0.480 e. The fourth-order valence-corrected chi connectivity index (χ4v) is 3.34. The van der Waals surface area contributed by atoms with E-state index in [1.165, 1.54) is 12.1 Å². The van der Waals surface area contributed by atoms with Crippen LogP contribution in [-0.4, -0.2) is 47.1 Å². The van der Waals surface area contributed by atoms with Gasteiger partial charge in [0.15, 0.2) is 0 Å². The Labute approximate surface area is 149 Å². The summed E-state index contributed by atoms with van der Waals surface area (Å²) in [5, 5.41) is 11.7. The fourth-order valence-electron chi connectivity index (χ4n) is 3.34. The molecular formula is C18H21F3N2O3. The molecule has 0 aliphatic heterocycles. The molecular weight excluding hydrogens is 349 g/mol. The Hall–Kier alpha value is -2.09. The van der Waals surface area contributed by atoms with Crippen LogP contribution in [0.4, 0.5) is 13.2 Å². The Morgan fingerprint density at radius 3 is 2.42 bits per heavy atom. The number of benzene rings is 1. The second-order valence-electron chi connectivity index (χ2n) is 7.11. The van der Waals surface area contributed by atoms with Gasteiger partial charge in [-0.1, -0.05) is 12.1 Å². The third-order valence-corrected chi connectivity index (χ3v) is 4.97. The number of amides is 1. The van der Waals surface area contributed by atoms with Crippen LogP contribution >= 0.6 is 0 Å². The van der Waals surface area contributed by atoms with Crippen molar-refractivity contribution < 1.29 is 27.9 Å². The average Bonchev–Trinajstić information content (AvgIpc) is 3.32. The van der Waals surface area contributed by atoms with Gasteiger partial charge in [0.2, 0.25) is 0 Å². The summed E-state index contributed by atoms with van der Waals surface area (Å²) in [6, 6.07) is 4.53. The lowest BCUT2D eigenvalue weighted by molar-refractivity contribution is -0.139. The smallest absolute Gasteiger partial charge is 0.417 e. The zero-order valence-corrected chi connectivity index (χ0v) is 14.1. The first-order chi connectivity index (χ1) is 12.2. The Morgan fingerprint density at radius 1 is 1.19 bits per heavy atom. The van der Waals surface area contributed by atoms with Crippen LogP contribution in [0.3, 0.4) is 0 Å². The van der Waals surface area contributed by atoms with Gasteiger partial charge in [0, 0.05) is 18.6 Å². The molecule has 2 aliphatic rings. The monoisotopic (exact) mass is 370 g/mol. The normalized spacial score (nSPS) is 22.8. The average molecular weight is 370 g/mol. The molecule has 0 heterocycles. The number of carbonyl (C=O) groups excluding carboxylic acids is 1. The number of nitrogens with one attached hydrogen (secondary N) is 1. The van der Waals surface area contributed by atoms with Gasteiger partial charge >= 0.3 is 12.1 Å². The number of aliphatic carboxylic acids is 1. The van der Waals surface area contributed by atoms with Crippen molar-refractivity contribution >= 4 is 11.9 Å². The number of hydrogen-bond donors (Lipinski definition) is 2. The Kier molecular flexibility index (Phi) is 5.22. The van der Waals surface area contributed by atoms with Crippen molar-refractivity contribution in [2.24, 2.45) is 5.92 Å². The quantitative estimate of drug-likeness (QED) is 0.774. The number of carboxylic acids is 1. The Bertz CT molecular complexity index is 683. The predicted octanol–water partition coefficient (Wildman–Crippen LogP) is 2.76. The molecule has 2 fully saturated rings. The molecule has 0 saturated heterocycles. The molecule has 142 valence electrons. The van der Waals surface area contributed by atoms with Gasteiger partial charge in [-0.15, -0.1) is 0 Å². The highest BCUT2D eigenvalue weighted by Gasteiger charge is 2.39. The molecule has 26 heavy (non-hydrogen) atoms. The molecule has 2 N–H and O–H groups in total. The highest BCUT2D eigenvalue weighted by molar-refractivity contribution is 5.96. The molecule has 2 aliphatic carbocycles. The number of nitrogens with zero attached hydrogens (tertiary/aromatic N) is 1. The van der Waals surface area contributed by atoms with Crippen LogP contribution in [0.1, 0.15) is 41.6 Å². The molecule has 3 rings (SSSR count). The van der Waals surface area contributed by atoms with Gasteiger partial charge < -0.3 is 10.4 Å². The third kappa shape index (κ3) is 4.55. The summed E-state index contributed by atoms with van der Waals surface area (Å²) in [6.45, 7) is 0.688. The molecule has 0 atom stereocenters. The molecule has 5 nitrogen and oxygen atoms in total. The van der Waals surface area contributed by atoms with Gasteiger partial charge in [-0.05, 0) is 43.7 Å². The van der Waals surface area contributed by atoms with Gasteiger partial charge in [-0.2, -0.15) is 13.2 Å². The maximum Gasteiger partial charge on any atom is 0.417 e. The van der Waals surface area contributed by atoms with Crippen LogP contribution in [0.25, 0.3) is 0 Å². The SMILES string of the molecule is O=C(O)CN(CC1CC1)C1CC(NC(=O)c2ccccc2C(F)(F)F)C1. The van der Waals surface area contributed by atoms with E-state index in [9.17, 15) is 22.8 Å². The number of carboxylic acid groups (broad SMARTS) is 1. The minimum atomic E-state index is -4.58. The molecule has 0 radical (unpaired) electrons. The van der Waals surface area contributed by atoms with Crippen molar-refractivity contribution in [2.75, 3.05) is 13.1 Å². The first-order valence-corrected chi connectivity index (χ1v) is 8.67. The summed E-state index contributed by atoms with van der Waals surface area (Å²) in [6.07, 6.45) is -1.26. The predicted molar refractivity (Wildman–Crippen MR) is 87.7 cm³/mol. The summed E-state index contributed by atoms with van der Waals surface area (Å²) in [7, 11) is 0.